The van der Waals surface area contributed by atoms with Gasteiger partial charge in [0.1, 0.15) is 0 Å². The molecule has 1 heterocycles. The van der Waals surface area contributed by atoms with Gasteiger partial charge in [-0.25, -0.2) is 0 Å². The van der Waals surface area contributed by atoms with Crippen molar-refractivity contribution in [1.82, 2.24) is 4.90 Å². The molecule has 2 aliphatic rings. The molecule has 0 radical (unpaired) electrons. The molecule has 1 saturated heterocycles. The lowest BCUT2D eigenvalue weighted by Crippen LogP contribution is -2.46. The van der Waals surface area contributed by atoms with Crippen molar-refractivity contribution >= 4 is 5.84 Å². The molecule has 1 saturated carbocycles. The molecule has 4 heteroatoms. The van der Waals surface area contributed by atoms with E-state index in [2.05, 4.69) is 16.1 Å². The summed E-state index contributed by atoms with van der Waals surface area (Å²) in [5.74, 6) is 1.09. The fraction of sp³-hybridized carbons (Fsp3) is 0.588. The quantitative estimate of drug-likeness (QED) is 0.389. The SMILES string of the molecule is N/C(=N/O)c1cccc(CN2CCC[C@H]3CCCC[C@H]32)c1. The highest BCUT2D eigenvalue weighted by Crippen LogP contribution is 2.35. The lowest BCUT2D eigenvalue weighted by Gasteiger charge is -2.44. The summed E-state index contributed by atoms with van der Waals surface area (Å²) < 4.78 is 0. The summed E-state index contributed by atoms with van der Waals surface area (Å²) in [5.41, 5.74) is 7.74. The van der Waals surface area contributed by atoms with Crippen LogP contribution >= 0.6 is 0 Å². The molecule has 1 aromatic carbocycles. The van der Waals surface area contributed by atoms with E-state index in [0.717, 1.165) is 24.1 Å². The summed E-state index contributed by atoms with van der Waals surface area (Å²) in [6, 6.07) is 8.82. The van der Waals surface area contributed by atoms with Gasteiger partial charge in [0.25, 0.3) is 0 Å². The first-order valence-electron chi connectivity index (χ1n) is 8.09. The maximum Gasteiger partial charge on any atom is 0.170 e. The van der Waals surface area contributed by atoms with E-state index >= 15 is 0 Å². The van der Waals surface area contributed by atoms with E-state index in [1.54, 1.807) is 0 Å². The van der Waals surface area contributed by atoms with E-state index in [4.69, 9.17) is 10.9 Å². The Morgan fingerprint density at radius 1 is 1.24 bits per heavy atom. The molecule has 1 aliphatic heterocycles. The first-order chi connectivity index (χ1) is 10.3. The summed E-state index contributed by atoms with van der Waals surface area (Å²) in [4.78, 5) is 2.65. The third-order valence-electron chi connectivity index (χ3n) is 5.07. The first kappa shape index (κ1) is 14.4. The summed E-state index contributed by atoms with van der Waals surface area (Å²) in [6.45, 7) is 2.18. The van der Waals surface area contributed by atoms with Gasteiger partial charge < -0.3 is 10.9 Å². The van der Waals surface area contributed by atoms with Crippen LogP contribution in [0, 0.1) is 5.92 Å². The number of rotatable bonds is 3. The Morgan fingerprint density at radius 2 is 2.05 bits per heavy atom. The van der Waals surface area contributed by atoms with Crippen LogP contribution in [0.4, 0.5) is 0 Å². The van der Waals surface area contributed by atoms with Crippen LogP contribution in [0.3, 0.4) is 0 Å². The maximum atomic E-state index is 8.81. The Hall–Kier alpha value is -1.55. The summed E-state index contributed by atoms with van der Waals surface area (Å²) in [7, 11) is 0. The minimum absolute atomic E-state index is 0.186. The van der Waals surface area contributed by atoms with E-state index in [1.807, 2.05) is 18.2 Å². The van der Waals surface area contributed by atoms with Gasteiger partial charge in [0, 0.05) is 18.2 Å². The number of nitrogens with two attached hydrogens (primary N) is 1. The van der Waals surface area contributed by atoms with Crippen LogP contribution in [0.15, 0.2) is 29.4 Å². The molecule has 3 rings (SSSR count). The van der Waals surface area contributed by atoms with E-state index in [9.17, 15) is 0 Å². The number of amidine groups is 1. The Bertz CT molecular complexity index is 513. The number of oxime groups is 1. The minimum atomic E-state index is 0.186. The van der Waals surface area contributed by atoms with Gasteiger partial charge in [-0.05, 0) is 49.8 Å². The van der Waals surface area contributed by atoms with E-state index in [-0.39, 0.29) is 5.84 Å². The van der Waals surface area contributed by atoms with Crippen LogP contribution in [0.5, 0.6) is 0 Å². The van der Waals surface area contributed by atoms with Gasteiger partial charge in [-0.2, -0.15) is 0 Å². The van der Waals surface area contributed by atoms with Crippen molar-refractivity contribution in [1.29, 1.82) is 0 Å². The lowest BCUT2D eigenvalue weighted by molar-refractivity contribution is 0.0547. The Balaban J connectivity index is 1.73. The fourth-order valence-corrected chi connectivity index (χ4v) is 4.05. The molecule has 21 heavy (non-hydrogen) atoms. The van der Waals surface area contributed by atoms with Gasteiger partial charge in [-0.15, -0.1) is 0 Å². The number of likely N-dealkylation sites (tertiary alicyclic amines) is 1. The summed E-state index contributed by atoms with van der Waals surface area (Å²) >= 11 is 0. The van der Waals surface area contributed by atoms with Crippen molar-refractivity contribution in [3.8, 4) is 0 Å². The van der Waals surface area contributed by atoms with Gasteiger partial charge >= 0.3 is 0 Å². The standard InChI is InChI=1S/C17H25N3O/c18-17(19-21)15-7-3-5-13(11-15)12-20-10-4-8-14-6-1-2-9-16(14)20/h3,5,7,11,14,16,21H,1-2,4,6,8-10,12H2,(H2,18,19)/t14-,16-/m1/s1. The zero-order valence-electron chi connectivity index (χ0n) is 12.5. The number of hydrogen-bond donors (Lipinski definition) is 2. The van der Waals surface area contributed by atoms with E-state index < -0.39 is 0 Å². The average Bonchev–Trinajstić information content (AvgIpc) is 2.55. The van der Waals surface area contributed by atoms with Gasteiger partial charge in [0.05, 0.1) is 0 Å². The fourth-order valence-electron chi connectivity index (χ4n) is 4.05. The van der Waals surface area contributed by atoms with Crippen LogP contribution in [0.2, 0.25) is 0 Å². The average molecular weight is 287 g/mol. The largest absolute Gasteiger partial charge is 0.409 e. The van der Waals surface area contributed by atoms with Crippen molar-refractivity contribution in [3.05, 3.63) is 35.4 Å². The van der Waals surface area contributed by atoms with Crippen LogP contribution in [0.1, 0.15) is 49.7 Å². The molecule has 2 atom stereocenters. The maximum absolute atomic E-state index is 8.81. The van der Waals surface area contributed by atoms with Gasteiger partial charge in [-0.1, -0.05) is 36.2 Å². The smallest absolute Gasteiger partial charge is 0.170 e. The summed E-state index contributed by atoms with van der Waals surface area (Å²) in [5, 5.41) is 11.9. The predicted molar refractivity (Wildman–Crippen MR) is 84.3 cm³/mol. The number of piperidine rings is 1. The van der Waals surface area contributed by atoms with Crippen molar-refractivity contribution in [3.63, 3.8) is 0 Å². The zero-order chi connectivity index (χ0) is 14.7. The van der Waals surface area contributed by atoms with Crippen LogP contribution in [-0.4, -0.2) is 28.5 Å². The molecule has 4 nitrogen and oxygen atoms in total. The number of benzene rings is 1. The second-order valence-corrected chi connectivity index (χ2v) is 6.41. The topological polar surface area (TPSA) is 61.9 Å². The number of nitrogens with zero attached hydrogens (tertiary/aromatic N) is 2. The lowest BCUT2D eigenvalue weighted by atomic mass is 9.78. The molecule has 1 aliphatic carbocycles. The highest BCUT2D eigenvalue weighted by atomic mass is 16.4. The molecule has 0 unspecified atom stereocenters. The van der Waals surface area contributed by atoms with Crippen LogP contribution in [0.25, 0.3) is 0 Å². The minimum Gasteiger partial charge on any atom is -0.409 e. The third-order valence-corrected chi connectivity index (χ3v) is 5.07. The van der Waals surface area contributed by atoms with Gasteiger partial charge in [0.2, 0.25) is 0 Å². The molecule has 114 valence electrons. The van der Waals surface area contributed by atoms with Crippen LogP contribution < -0.4 is 5.73 Å². The second-order valence-electron chi connectivity index (χ2n) is 6.41. The Labute approximate surface area is 126 Å². The molecular formula is C17H25N3O. The van der Waals surface area contributed by atoms with Crippen molar-refractivity contribution in [2.75, 3.05) is 6.54 Å². The van der Waals surface area contributed by atoms with E-state index in [1.165, 1.54) is 50.6 Å². The van der Waals surface area contributed by atoms with Crippen molar-refractivity contribution in [2.24, 2.45) is 16.8 Å². The van der Waals surface area contributed by atoms with Crippen LogP contribution in [-0.2, 0) is 6.54 Å². The van der Waals surface area contributed by atoms with Gasteiger partial charge in [-0.3, -0.25) is 4.90 Å². The Kier molecular flexibility index (Phi) is 4.44. The molecular weight excluding hydrogens is 262 g/mol. The monoisotopic (exact) mass is 287 g/mol. The molecule has 0 bridgehead atoms. The molecule has 2 fully saturated rings. The first-order valence-corrected chi connectivity index (χ1v) is 8.09. The second kappa shape index (κ2) is 6.48. The third kappa shape index (κ3) is 3.21. The predicted octanol–water partition coefficient (Wildman–Crippen LogP) is 2.94. The molecule has 0 spiro atoms. The molecule has 1 aromatic rings. The zero-order valence-corrected chi connectivity index (χ0v) is 12.5. The van der Waals surface area contributed by atoms with Crippen molar-refractivity contribution in [2.45, 2.75) is 51.1 Å². The Morgan fingerprint density at radius 3 is 2.90 bits per heavy atom. The van der Waals surface area contributed by atoms with Crippen molar-refractivity contribution < 1.29 is 5.21 Å². The molecule has 0 amide bonds. The highest BCUT2D eigenvalue weighted by molar-refractivity contribution is 5.97. The molecule has 0 aromatic heterocycles. The van der Waals surface area contributed by atoms with E-state index in [0.29, 0.717) is 0 Å². The van der Waals surface area contributed by atoms with Gasteiger partial charge in [0.15, 0.2) is 5.84 Å². The highest BCUT2D eigenvalue weighted by Gasteiger charge is 2.32. The number of fused-ring (bicyclic) bond motifs is 1. The summed E-state index contributed by atoms with van der Waals surface area (Å²) in [6.07, 6.45) is 8.28. The number of hydrogen-bond acceptors (Lipinski definition) is 3. The molecule has 3 N–H and O–H groups in total. The normalized spacial score (nSPS) is 27.3.